The highest BCUT2D eigenvalue weighted by Crippen LogP contribution is 2.53. The van der Waals surface area contributed by atoms with Crippen molar-refractivity contribution >= 4 is 32.3 Å². The van der Waals surface area contributed by atoms with Crippen LogP contribution in [-0.4, -0.2) is 15.0 Å². The summed E-state index contributed by atoms with van der Waals surface area (Å²) in [5.74, 6) is 1.89. The van der Waals surface area contributed by atoms with Crippen molar-refractivity contribution in [1.82, 2.24) is 15.0 Å². The zero-order valence-corrected chi connectivity index (χ0v) is 35.0. The Bertz CT molecular complexity index is 3590. The predicted molar refractivity (Wildman–Crippen MR) is 263 cm³/mol. The van der Waals surface area contributed by atoms with E-state index in [1.807, 2.05) is 6.07 Å². The first kappa shape index (κ1) is 36.8. The van der Waals surface area contributed by atoms with Crippen molar-refractivity contribution in [3.63, 3.8) is 0 Å². The van der Waals surface area contributed by atoms with Gasteiger partial charge >= 0.3 is 0 Å². The van der Waals surface area contributed by atoms with Gasteiger partial charge in [0.2, 0.25) is 0 Å². The Labute approximate surface area is 367 Å². The minimum absolute atomic E-state index is 0.119. The smallest absolute Gasteiger partial charge is 0.164 e. The summed E-state index contributed by atoms with van der Waals surface area (Å²) in [5.41, 5.74) is 14.8. The number of hydrogen-bond acceptors (Lipinski definition) is 3. The second kappa shape index (κ2) is 14.6. The molecule has 3 nitrogen and oxygen atoms in total. The van der Waals surface area contributed by atoms with E-state index in [0.717, 1.165) is 38.9 Å². The van der Waals surface area contributed by atoms with Gasteiger partial charge in [-0.15, -0.1) is 0 Å². The summed E-state index contributed by atoms with van der Waals surface area (Å²) in [6.07, 6.45) is 0. The van der Waals surface area contributed by atoms with E-state index in [1.165, 1.54) is 65.7 Å². The lowest BCUT2D eigenvalue weighted by molar-refractivity contribution is 0.660. The van der Waals surface area contributed by atoms with Gasteiger partial charge in [0.05, 0.1) is 0 Å². The second-order valence-corrected chi connectivity index (χ2v) is 17.1. The van der Waals surface area contributed by atoms with Crippen molar-refractivity contribution in [2.24, 2.45) is 0 Å². The van der Waals surface area contributed by atoms with E-state index in [2.05, 4.69) is 220 Å². The zero-order valence-electron chi connectivity index (χ0n) is 35.0. The molecular formula is C60H41N3. The molecule has 1 aromatic heterocycles. The average molecular weight is 804 g/mol. The lowest BCUT2D eigenvalue weighted by Crippen LogP contribution is -2.14. The standard InChI is InChI=1S/C60H41N3/c1-60(2)53-28-13-12-26-51(53)56-48(27-15-29-54(56)60)47-24-10-11-25-50(47)59-62-57(61-58(63-59)44-21-14-20-42(36-44)38-16-4-3-5-17-38)41-32-30-40(31-33-41)55-46-23-9-7-19-43(46)37-52-45-22-8-6-18-39(45)34-35-49(52)55/h3-37H,1-2H3. The maximum atomic E-state index is 5.35. The fraction of sp³-hybridized carbons (Fsp3) is 0.0500. The van der Waals surface area contributed by atoms with Gasteiger partial charge in [-0.05, 0) is 100 Å². The molecule has 10 aromatic carbocycles. The van der Waals surface area contributed by atoms with E-state index in [0.29, 0.717) is 17.5 Å². The topological polar surface area (TPSA) is 38.7 Å². The van der Waals surface area contributed by atoms with Crippen LogP contribution in [0.5, 0.6) is 0 Å². The molecule has 0 N–H and O–H groups in total. The summed E-state index contributed by atoms with van der Waals surface area (Å²) >= 11 is 0. The maximum absolute atomic E-state index is 5.35. The highest BCUT2D eigenvalue weighted by molar-refractivity contribution is 6.20. The highest BCUT2D eigenvalue weighted by Gasteiger charge is 2.37. The molecule has 11 aromatic rings. The molecule has 0 spiro atoms. The molecule has 0 amide bonds. The van der Waals surface area contributed by atoms with Crippen LogP contribution in [0, 0.1) is 0 Å². The van der Waals surface area contributed by atoms with Crippen LogP contribution in [-0.2, 0) is 5.41 Å². The quantitative estimate of drug-likeness (QED) is 0.124. The number of fused-ring (bicyclic) bond motifs is 7. The van der Waals surface area contributed by atoms with Crippen LogP contribution in [0.3, 0.4) is 0 Å². The molecule has 1 aliphatic carbocycles. The molecule has 0 radical (unpaired) electrons. The Morgan fingerprint density at radius 1 is 0.286 bits per heavy atom. The van der Waals surface area contributed by atoms with Gasteiger partial charge in [0.15, 0.2) is 17.5 Å². The van der Waals surface area contributed by atoms with Crippen molar-refractivity contribution in [3.05, 3.63) is 223 Å². The van der Waals surface area contributed by atoms with Gasteiger partial charge in [-0.3, -0.25) is 0 Å². The van der Waals surface area contributed by atoms with Crippen LogP contribution >= 0.6 is 0 Å². The predicted octanol–water partition coefficient (Wildman–Crippen LogP) is 15.6. The van der Waals surface area contributed by atoms with Gasteiger partial charge in [-0.25, -0.2) is 15.0 Å². The van der Waals surface area contributed by atoms with Crippen molar-refractivity contribution in [2.45, 2.75) is 19.3 Å². The molecule has 0 saturated carbocycles. The van der Waals surface area contributed by atoms with E-state index < -0.39 is 0 Å². The molecule has 0 bridgehead atoms. The molecule has 0 atom stereocenters. The van der Waals surface area contributed by atoms with Gasteiger partial charge in [0, 0.05) is 22.1 Å². The van der Waals surface area contributed by atoms with Gasteiger partial charge in [-0.2, -0.15) is 0 Å². The fourth-order valence-electron chi connectivity index (χ4n) is 10.0. The summed E-state index contributed by atoms with van der Waals surface area (Å²) in [6, 6.07) is 76.2. The Morgan fingerprint density at radius 3 is 1.68 bits per heavy atom. The Kier molecular flexibility index (Phi) is 8.52. The molecular weight excluding hydrogens is 763 g/mol. The number of rotatable bonds is 6. The molecule has 63 heavy (non-hydrogen) atoms. The highest BCUT2D eigenvalue weighted by atomic mass is 15.0. The van der Waals surface area contributed by atoms with Crippen molar-refractivity contribution in [1.29, 1.82) is 0 Å². The molecule has 0 saturated heterocycles. The SMILES string of the molecule is CC1(C)c2ccccc2-c2c(-c3ccccc3-c3nc(-c4ccc(-c5c6ccccc6cc6c5ccc5ccccc56)cc4)nc(-c4cccc(-c5ccccc5)c4)n3)cccc21. The lowest BCUT2D eigenvalue weighted by atomic mass is 9.82. The van der Waals surface area contributed by atoms with Gasteiger partial charge in [-0.1, -0.05) is 214 Å². The summed E-state index contributed by atoms with van der Waals surface area (Å²) in [4.78, 5) is 15.9. The summed E-state index contributed by atoms with van der Waals surface area (Å²) in [6.45, 7) is 4.66. The maximum Gasteiger partial charge on any atom is 0.164 e. The number of nitrogens with zero attached hydrogens (tertiary/aromatic N) is 3. The molecule has 1 heterocycles. The lowest BCUT2D eigenvalue weighted by Gasteiger charge is -2.21. The number of benzene rings is 10. The van der Waals surface area contributed by atoms with Gasteiger partial charge < -0.3 is 0 Å². The first-order valence-corrected chi connectivity index (χ1v) is 21.7. The molecule has 0 aliphatic heterocycles. The normalized spacial score (nSPS) is 12.7. The molecule has 1 aliphatic rings. The fourth-order valence-corrected chi connectivity index (χ4v) is 10.0. The van der Waals surface area contributed by atoms with Gasteiger partial charge in [0.1, 0.15) is 0 Å². The molecule has 0 unspecified atom stereocenters. The Balaban J connectivity index is 1.04. The zero-order chi connectivity index (χ0) is 42.1. The first-order chi connectivity index (χ1) is 31.0. The first-order valence-electron chi connectivity index (χ1n) is 21.7. The monoisotopic (exact) mass is 803 g/mol. The molecule has 296 valence electrons. The molecule has 0 fully saturated rings. The van der Waals surface area contributed by atoms with Crippen LogP contribution < -0.4 is 0 Å². The van der Waals surface area contributed by atoms with E-state index in [9.17, 15) is 0 Å². The minimum Gasteiger partial charge on any atom is -0.208 e. The third-order valence-electron chi connectivity index (χ3n) is 13.1. The minimum atomic E-state index is -0.119. The number of hydrogen-bond donors (Lipinski definition) is 0. The Morgan fingerprint density at radius 2 is 0.857 bits per heavy atom. The van der Waals surface area contributed by atoms with Crippen LogP contribution in [0.15, 0.2) is 212 Å². The summed E-state index contributed by atoms with van der Waals surface area (Å²) in [7, 11) is 0. The average Bonchev–Trinajstić information content (AvgIpc) is 3.59. The van der Waals surface area contributed by atoms with E-state index in [-0.39, 0.29) is 5.41 Å². The Hall–Kier alpha value is -8.01. The summed E-state index contributed by atoms with van der Waals surface area (Å²) < 4.78 is 0. The van der Waals surface area contributed by atoms with E-state index >= 15 is 0 Å². The van der Waals surface area contributed by atoms with Crippen LogP contribution in [0.4, 0.5) is 0 Å². The van der Waals surface area contributed by atoms with E-state index in [1.54, 1.807) is 0 Å². The van der Waals surface area contributed by atoms with Crippen LogP contribution in [0.1, 0.15) is 25.0 Å². The number of aromatic nitrogens is 3. The van der Waals surface area contributed by atoms with E-state index in [4.69, 9.17) is 15.0 Å². The van der Waals surface area contributed by atoms with Crippen molar-refractivity contribution in [2.75, 3.05) is 0 Å². The second-order valence-electron chi connectivity index (χ2n) is 17.1. The molecule has 12 rings (SSSR count). The largest absolute Gasteiger partial charge is 0.208 e. The molecule has 3 heteroatoms. The van der Waals surface area contributed by atoms with Crippen molar-refractivity contribution in [3.8, 4) is 78.7 Å². The third-order valence-corrected chi connectivity index (χ3v) is 13.1. The third kappa shape index (κ3) is 6.07. The van der Waals surface area contributed by atoms with Crippen molar-refractivity contribution < 1.29 is 0 Å². The van der Waals surface area contributed by atoms with Gasteiger partial charge in [0.25, 0.3) is 0 Å². The van der Waals surface area contributed by atoms with Crippen LogP contribution in [0.2, 0.25) is 0 Å². The van der Waals surface area contributed by atoms with Crippen LogP contribution in [0.25, 0.3) is 111 Å². The summed E-state index contributed by atoms with van der Waals surface area (Å²) in [5, 5.41) is 7.44.